The van der Waals surface area contributed by atoms with Gasteiger partial charge >= 0.3 is 0 Å². The number of hydrogen-bond donors (Lipinski definition) is 1. The molecule has 18 heavy (non-hydrogen) atoms. The minimum Gasteiger partial charge on any atom is -0.292 e. The van der Waals surface area contributed by atoms with E-state index in [2.05, 4.69) is 49.2 Å². The summed E-state index contributed by atoms with van der Waals surface area (Å²) >= 11 is 0. The van der Waals surface area contributed by atoms with E-state index in [0.29, 0.717) is 0 Å². The average Bonchev–Trinajstić information content (AvgIpc) is 2.58. The van der Waals surface area contributed by atoms with E-state index < -0.39 is 0 Å². The predicted octanol–water partition coefficient (Wildman–Crippen LogP) is 2.32. The number of H-pyrrole nitrogens is 1. The molecule has 0 aromatic carbocycles. The van der Waals surface area contributed by atoms with Crippen LogP contribution in [0, 0.1) is 25.7 Å². The lowest BCUT2D eigenvalue weighted by Gasteiger charge is -2.32. The van der Waals surface area contributed by atoms with Crippen LogP contribution >= 0.6 is 0 Å². The molecule has 2 heterocycles. The Balaban J connectivity index is 1.93. The number of rotatable bonds is 3. The van der Waals surface area contributed by atoms with Gasteiger partial charge in [-0.25, -0.2) is 9.55 Å². The second-order valence-corrected chi connectivity index (χ2v) is 6.20. The quantitative estimate of drug-likeness (QED) is 0.818. The van der Waals surface area contributed by atoms with Gasteiger partial charge in [0.05, 0.1) is 7.05 Å². The van der Waals surface area contributed by atoms with Gasteiger partial charge in [0.2, 0.25) is 0 Å². The fourth-order valence-corrected chi connectivity index (χ4v) is 2.98. The van der Waals surface area contributed by atoms with Gasteiger partial charge in [-0.1, -0.05) is 13.8 Å². The van der Waals surface area contributed by atoms with Gasteiger partial charge in [-0.15, -0.1) is 0 Å². The Morgan fingerprint density at radius 1 is 1.28 bits per heavy atom. The molecule has 0 amide bonds. The average molecular weight is 250 g/mol. The van der Waals surface area contributed by atoms with E-state index in [1.807, 2.05) is 0 Å². The summed E-state index contributed by atoms with van der Waals surface area (Å²) in [5.41, 5.74) is 2.65. The van der Waals surface area contributed by atoms with Crippen molar-refractivity contribution in [3.8, 4) is 0 Å². The molecule has 0 saturated carbocycles. The fourth-order valence-electron chi connectivity index (χ4n) is 2.98. The van der Waals surface area contributed by atoms with Crippen LogP contribution in [0.25, 0.3) is 0 Å². The monoisotopic (exact) mass is 250 g/mol. The van der Waals surface area contributed by atoms with E-state index in [0.717, 1.165) is 18.4 Å². The molecule has 0 unspecified atom stereocenters. The van der Waals surface area contributed by atoms with Crippen molar-refractivity contribution in [3.63, 3.8) is 0 Å². The van der Waals surface area contributed by atoms with E-state index in [9.17, 15) is 0 Å². The number of hydrogen-bond acceptors (Lipinski definition) is 1. The van der Waals surface area contributed by atoms with Crippen LogP contribution in [0.1, 0.15) is 43.9 Å². The Morgan fingerprint density at radius 3 is 2.33 bits per heavy atom. The maximum atomic E-state index is 3.52. The molecule has 0 atom stereocenters. The molecule has 1 saturated heterocycles. The summed E-state index contributed by atoms with van der Waals surface area (Å²) < 4.78 is 2.30. The van der Waals surface area contributed by atoms with Crippen LogP contribution in [-0.2, 0) is 13.6 Å². The first-order chi connectivity index (χ1) is 8.49. The van der Waals surface area contributed by atoms with Crippen molar-refractivity contribution in [2.24, 2.45) is 18.9 Å². The molecule has 1 aromatic rings. The molecule has 0 spiro atoms. The molecule has 1 aromatic heterocycles. The van der Waals surface area contributed by atoms with Crippen LogP contribution in [0.3, 0.4) is 0 Å². The first kappa shape index (κ1) is 13.6. The van der Waals surface area contributed by atoms with Gasteiger partial charge in [0.1, 0.15) is 17.9 Å². The van der Waals surface area contributed by atoms with Crippen LogP contribution < -0.4 is 4.57 Å². The first-order valence-electron chi connectivity index (χ1n) is 7.25. The second kappa shape index (κ2) is 5.43. The SMILES string of the molecule is Cc1[nH]c(CN2CCC(C(C)C)CC2)[n+](C)c1C. The van der Waals surface area contributed by atoms with Gasteiger partial charge in [0.15, 0.2) is 0 Å². The van der Waals surface area contributed by atoms with Gasteiger partial charge in [-0.05, 0) is 37.8 Å². The molecule has 0 bridgehead atoms. The maximum Gasteiger partial charge on any atom is 0.268 e. The second-order valence-electron chi connectivity index (χ2n) is 6.20. The van der Waals surface area contributed by atoms with Crippen molar-refractivity contribution in [1.29, 1.82) is 0 Å². The Bertz CT molecular complexity index is 398. The summed E-state index contributed by atoms with van der Waals surface area (Å²) in [4.78, 5) is 6.10. The molecule has 0 aliphatic carbocycles. The molecule has 1 N–H and O–H groups in total. The van der Waals surface area contributed by atoms with Crippen molar-refractivity contribution in [3.05, 3.63) is 17.2 Å². The van der Waals surface area contributed by atoms with Gasteiger partial charge in [-0.3, -0.25) is 4.90 Å². The number of nitrogens with zero attached hydrogens (tertiary/aromatic N) is 2. The number of aromatic amines is 1. The molecule has 1 aliphatic rings. The van der Waals surface area contributed by atoms with Crippen molar-refractivity contribution in [2.45, 2.75) is 47.1 Å². The number of likely N-dealkylation sites (tertiary alicyclic amines) is 1. The molecule has 102 valence electrons. The third-order valence-electron chi connectivity index (χ3n) is 4.73. The summed E-state index contributed by atoms with van der Waals surface area (Å²) in [6, 6.07) is 0. The van der Waals surface area contributed by atoms with Crippen LogP contribution in [-0.4, -0.2) is 23.0 Å². The van der Waals surface area contributed by atoms with Gasteiger partial charge < -0.3 is 0 Å². The van der Waals surface area contributed by atoms with Gasteiger partial charge in [0, 0.05) is 13.8 Å². The van der Waals surface area contributed by atoms with Crippen molar-refractivity contribution >= 4 is 0 Å². The lowest BCUT2D eigenvalue weighted by molar-refractivity contribution is -0.685. The number of imidazole rings is 1. The standard InChI is InChI=1S/C15H27N3/c1-11(2)14-6-8-18(9-7-14)10-15-16-12(3)13(4)17(15)5/h11,14H,6-10H2,1-5H3/p+1. The first-order valence-corrected chi connectivity index (χ1v) is 7.25. The van der Waals surface area contributed by atoms with E-state index in [1.165, 1.54) is 43.1 Å². The highest BCUT2D eigenvalue weighted by Gasteiger charge is 2.24. The highest BCUT2D eigenvalue weighted by Crippen LogP contribution is 2.24. The Hall–Kier alpha value is -0.830. The predicted molar refractivity (Wildman–Crippen MR) is 74.3 cm³/mol. The van der Waals surface area contributed by atoms with Crippen molar-refractivity contribution in [2.75, 3.05) is 13.1 Å². The summed E-state index contributed by atoms with van der Waals surface area (Å²) in [5, 5.41) is 0. The topological polar surface area (TPSA) is 22.9 Å². The Labute approximate surface area is 111 Å². The summed E-state index contributed by atoms with van der Waals surface area (Å²) in [7, 11) is 2.16. The highest BCUT2D eigenvalue weighted by atomic mass is 15.2. The van der Waals surface area contributed by atoms with E-state index >= 15 is 0 Å². The van der Waals surface area contributed by atoms with E-state index in [-0.39, 0.29) is 0 Å². The van der Waals surface area contributed by atoms with Crippen LogP contribution in [0.4, 0.5) is 0 Å². The van der Waals surface area contributed by atoms with Crippen molar-refractivity contribution in [1.82, 2.24) is 9.88 Å². The van der Waals surface area contributed by atoms with Crippen LogP contribution in [0.15, 0.2) is 0 Å². The zero-order valence-electron chi connectivity index (χ0n) is 12.6. The Morgan fingerprint density at radius 2 is 1.89 bits per heavy atom. The molecule has 1 fully saturated rings. The lowest BCUT2D eigenvalue weighted by Crippen LogP contribution is -2.41. The zero-order valence-corrected chi connectivity index (χ0v) is 12.6. The highest BCUT2D eigenvalue weighted by molar-refractivity contribution is 5.03. The maximum absolute atomic E-state index is 3.52. The number of piperidine rings is 1. The number of aryl methyl sites for hydroxylation is 1. The molecule has 0 radical (unpaired) electrons. The van der Waals surface area contributed by atoms with Gasteiger partial charge in [-0.2, -0.15) is 0 Å². The summed E-state index contributed by atoms with van der Waals surface area (Å²) in [6.45, 7) is 12.6. The molecular weight excluding hydrogens is 222 g/mol. The lowest BCUT2D eigenvalue weighted by atomic mass is 9.87. The summed E-state index contributed by atoms with van der Waals surface area (Å²) in [6.07, 6.45) is 2.72. The third kappa shape index (κ3) is 2.77. The number of aromatic nitrogens is 2. The van der Waals surface area contributed by atoms with E-state index in [4.69, 9.17) is 0 Å². The third-order valence-corrected chi connectivity index (χ3v) is 4.73. The minimum atomic E-state index is 0.846. The fraction of sp³-hybridized carbons (Fsp3) is 0.800. The smallest absolute Gasteiger partial charge is 0.268 e. The van der Waals surface area contributed by atoms with Gasteiger partial charge in [0.25, 0.3) is 5.82 Å². The minimum absolute atomic E-state index is 0.846. The number of nitrogens with one attached hydrogen (secondary N) is 1. The molecule has 3 nitrogen and oxygen atoms in total. The van der Waals surface area contributed by atoms with Crippen molar-refractivity contribution < 1.29 is 4.57 Å². The van der Waals surface area contributed by atoms with E-state index in [1.54, 1.807) is 0 Å². The molecular formula is C15H28N3+. The van der Waals surface area contributed by atoms with Crippen LogP contribution in [0.5, 0.6) is 0 Å². The summed E-state index contributed by atoms with van der Waals surface area (Å²) in [5.74, 6) is 3.12. The molecule has 1 aliphatic heterocycles. The largest absolute Gasteiger partial charge is 0.292 e. The normalized spacial score (nSPS) is 18.8. The Kier molecular flexibility index (Phi) is 4.10. The van der Waals surface area contributed by atoms with Crippen LogP contribution in [0.2, 0.25) is 0 Å². The molecule has 3 heteroatoms. The zero-order chi connectivity index (χ0) is 13.3. The molecule has 2 rings (SSSR count).